The molecule has 126 valence electrons. The van der Waals surface area contributed by atoms with E-state index in [1.807, 2.05) is 12.1 Å². The lowest BCUT2D eigenvalue weighted by Crippen LogP contribution is -2.43. The Balaban J connectivity index is 1.57. The van der Waals surface area contributed by atoms with Crippen LogP contribution >= 0.6 is 0 Å². The van der Waals surface area contributed by atoms with Crippen LogP contribution in [0.15, 0.2) is 36.5 Å². The highest BCUT2D eigenvalue weighted by Gasteiger charge is 2.42. The van der Waals surface area contributed by atoms with Crippen LogP contribution in [0.4, 0.5) is 14.5 Å². The van der Waals surface area contributed by atoms with E-state index in [9.17, 15) is 18.4 Å². The molecule has 1 saturated heterocycles. The minimum atomic E-state index is -2.89. The van der Waals surface area contributed by atoms with Gasteiger partial charge in [0.1, 0.15) is 0 Å². The van der Waals surface area contributed by atoms with Crippen LogP contribution in [-0.4, -0.2) is 41.9 Å². The smallest absolute Gasteiger partial charge is 0.262 e. The molecule has 0 saturated carbocycles. The largest absolute Gasteiger partial charge is 0.346 e. The van der Waals surface area contributed by atoms with Crippen molar-refractivity contribution < 1.29 is 18.4 Å². The molecule has 2 amide bonds. The van der Waals surface area contributed by atoms with E-state index in [0.29, 0.717) is 11.2 Å². The second kappa shape index (κ2) is 6.48. The number of benzene rings is 1. The first kappa shape index (κ1) is 16.3. The summed E-state index contributed by atoms with van der Waals surface area (Å²) in [5.74, 6) is -3.96. The van der Waals surface area contributed by atoms with Crippen LogP contribution in [0.1, 0.15) is 6.42 Å². The molecule has 0 aliphatic carbocycles. The summed E-state index contributed by atoms with van der Waals surface area (Å²) in [5.41, 5.74) is 1.16. The van der Waals surface area contributed by atoms with E-state index in [0.717, 1.165) is 5.39 Å². The van der Waals surface area contributed by atoms with Crippen molar-refractivity contribution in [3.8, 4) is 0 Å². The highest BCUT2D eigenvalue weighted by molar-refractivity contribution is 6.01. The Kier molecular flexibility index (Phi) is 4.39. The monoisotopic (exact) mass is 334 g/mol. The first-order chi connectivity index (χ1) is 11.4. The number of anilines is 1. The lowest BCUT2D eigenvalue weighted by atomic mass is 10.2. The molecule has 3 rings (SSSR count). The van der Waals surface area contributed by atoms with Crippen LogP contribution in [-0.2, 0) is 9.59 Å². The van der Waals surface area contributed by atoms with Crippen LogP contribution in [0.3, 0.4) is 0 Å². The third kappa shape index (κ3) is 3.65. The van der Waals surface area contributed by atoms with E-state index in [1.54, 1.807) is 24.4 Å². The van der Waals surface area contributed by atoms with Gasteiger partial charge in [-0.1, -0.05) is 18.2 Å². The predicted octanol–water partition coefficient (Wildman–Crippen LogP) is 1.29. The van der Waals surface area contributed by atoms with Crippen LogP contribution in [0.2, 0.25) is 0 Å². The summed E-state index contributed by atoms with van der Waals surface area (Å²) in [6.45, 7) is -0.829. The normalized spacial score (nSPS) is 19.2. The number of rotatable bonds is 4. The van der Waals surface area contributed by atoms with Crippen molar-refractivity contribution in [2.45, 2.75) is 18.4 Å². The maximum absolute atomic E-state index is 13.1. The average Bonchev–Trinajstić information content (AvgIpc) is 2.93. The van der Waals surface area contributed by atoms with Crippen molar-refractivity contribution in [3.05, 3.63) is 36.5 Å². The fourth-order valence-electron chi connectivity index (χ4n) is 2.59. The average molecular weight is 334 g/mol. The topological polar surface area (TPSA) is 83.1 Å². The predicted molar refractivity (Wildman–Crippen MR) is 84.7 cm³/mol. The highest BCUT2D eigenvalue weighted by Crippen LogP contribution is 2.25. The first-order valence-electron chi connectivity index (χ1n) is 7.47. The number of nitrogens with one attached hydrogen (secondary N) is 3. The van der Waals surface area contributed by atoms with Gasteiger partial charge >= 0.3 is 0 Å². The second-order valence-electron chi connectivity index (χ2n) is 5.64. The fourth-order valence-corrected chi connectivity index (χ4v) is 2.59. The summed E-state index contributed by atoms with van der Waals surface area (Å²) in [7, 11) is 0. The molecule has 1 unspecified atom stereocenters. The molecule has 0 bridgehead atoms. The fraction of sp³-hybridized carbons (Fsp3) is 0.312. The molecule has 1 aliphatic heterocycles. The number of nitrogens with zero attached hydrogens (tertiary/aromatic N) is 1. The standard InChI is InChI=1S/C16H16F2N4O2/c17-16(18)7-12(21-9-16)15(24)20-8-13(23)22-11-5-1-3-10-4-2-6-19-14(10)11/h1-6,12,21H,7-9H2,(H,20,24)(H,22,23). The maximum atomic E-state index is 13.1. The minimum absolute atomic E-state index is 0.300. The molecule has 1 aliphatic rings. The van der Waals surface area contributed by atoms with Gasteiger partial charge in [0.25, 0.3) is 5.92 Å². The number of carbonyl (C=O) groups is 2. The van der Waals surface area contributed by atoms with E-state index in [1.165, 1.54) is 0 Å². The molecular weight excluding hydrogens is 318 g/mol. The van der Waals surface area contributed by atoms with Gasteiger partial charge in [0, 0.05) is 18.0 Å². The minimum Gasteiger partial charge on any atom is -0.346 e. The molecule has 2 heterocycles. The summed E-state index contributed by atoms with van der Waals surface area (Å²) in [4.78, 5) is 28.0. The number of hydrogen-bond donors (Lipinski definition) is 3. The van der Waals surface area contributed by atoms with Crippen LogP contribution in [0, 0.1) is 0 Å². The Morgan fingerprint density at radius 3 is 2.83 bits per heavy atom. The van der Waals surface area contributed by atoms with Crippen molar-refractivity contribution in [1.29, 1.82) is 0 Å². The number of amides is 2. The van der Waals surface area contributed by atoms with Gasteiger partial charge in [0.2, 0.25) is 11.8 Å². The van der Waals surface area contributed by atoms with Gasteiger partial charge in [-0.3, -0.25) is 19.9 Å². The number of halogens is 2. The molecular formula is C16H16F2N4O2. The summed E-state index contributed by atoms with van der Waals surface area (Å²) in [5, 5.41) is 8.34. The van der Waals surface area contributed by atoms with Crippen LogP contribution in [0.25, 0.3) is 10.9 Å². The zero-order chi connectivity index (χ0) is 17.2. The molecule has 1 aromatic carbocycles. The summed E-state index contributed by atoms with van der Waals surface area (Å²) in [6, 6.07) is 8.03. The van der Waals surface area contributed by atoms with Gasteiger partial charge in [-0.2, -0.15) is 0 Å². The van der Waals surface area contributed by atoms with Crippen molar-refractivity contribution in [3.63, 3.8) is 0 Å². The molecule has 1 atom stereocenters. The molecule has 3 N–H and O–H groups in total. The molecule has 0 spiro atoms. The molecule has 2 aromatic rings. The Hall–Kier alpha value is -2.61. The second-order valence-corrected chi connectivity index (χ2v) is 5.64. The molecule has 6 nitrogen and oxygen atoms in total. The van der Waals surface area contributed by atoms with Crippen molar-refractivity contribution >= 4 is 28.4 Å². The van der Waals surface area contributed by atoms with Crippen LogP contribution in [0.5, 0.6) is 0 Å². The SMILES string of the molecule is O=C(CNC(=O)C1CC(F)(F)CN1)Nc1cccc2cccnc12. The summed E-state index contributed by atoms with van der Waals surface area (Å²) < 4.78 is 26.1. The number of fused-ring (bicyclic) bond motifs is 1. The van der Waals surface area contributed by atoms with E-state index < -0.39 is 36.7 Å². The van der Waals surface area contributed by atoms with E-state index in [2.05, 4.69) is 20.9 Å². The zero-order valence-electron chi connectivity index (χ0n) is 12.7. The third-order valence-electron chi connectivity index (χ3n) is 3.76. The Morgan fingerprint density at radius 2 is 2.08 bits per heavy atom. The number of carbonyl (C=O) groups excluding carboxylic acids is 2. The van der Waals surface area contributed by atoms with E-state index >= 15 is 0 Å². The lowest BCUT2D eigenvalue weighted by molar-refractivity contribution is -0.125. The molecule has 1 fully saturated rings. The number of aromatic nitrogens is 1. The molecule has 24 heavy (non-hydrogen) atoms. The first-order valence-corrected chi connectivity index (χ1v) is 7.47. The maximum Gasteiger partial charge on any atom is 0.262 e. The molecule has 0 radical (unpaired) electrons. The zero-order valence-corrected chi connectivity index (χ0v) is 12.7. The van der Waals surface area contributed by atoms with E-state index in [-0.39, 0.29) is 6.54 Å². The highest BCUT2D eigenvalue weighted by atomic mass is 19.3. The van der Waals surface area contributed by atoms with Crippen LogP contribution < -0.4 is 16.0 Å². The number of para-hydroxylation sites is 1. The van der Waals surface area contributed by atoms with Crippen molar-refractivity contribution in [2.24, 2.45) is 0 Å². The number of pyridine rings is 1. The Morgan fingerprint density at radius 1 is 1.29 bits per heavy atom. The van der Waals surface area contributed by atoms with Gasteiger partial charge in [0.15, 0.2) is 0 Å². The van der Waals surface area contributed by atoms with E-state index in [4.69, 9.17) is 0 Å². The number of alkyl halides is 2. The van der Waals surface area contributed by atoms with Gasteiger partial charge in [-0.25, -0.2) is 8.78 Å². The summed E-state index contributed by atoms with van der Waals surface area (Å²) in [6.07, 6.45) is 1.05. The van der Waals surface area contributed by atoms with Gasteiger partial charge in [-0.15, -0.1) is 0 Å². The quantitative estimate of drug-likeness (QED) is 0.787. The van der Waals surface area contributed by atoms with Gasteiger partial charge in [0.05, 0.1) is 30.3 Å². The van der Waals surface area contributed by atoms with Crippen molar-refractivity contribution in [2.75, 3.05) is 18.4 Å². The number of hydrogen-bond acceptors (Lipinski definition) is 4. The molecule has 1 aromatic heterocycles. The summed E-state index contributed by atoms with van der Waals surface area (Å²) >= 11 is 0. The lowest BCUT2D eigenvalue weighted by Gasteiger charge is -2.12. The van der Waals surface area contributed by atoms with Gasteiger partial charge in [-0.05, 0) is 12.1 Å². The Labute approximate surface area is 136 Å². The van der Waals surface area contributed by atoms with Gasteiger partial charge < -0.3 is 10.6 Å². The van der Waals surface area contributed by atoms with Crippen molar-refractivity contribution in [1.82, 2.24) is 15.6 Å². The third-order valence-corrected chi connectivity index (χ3v) is 3.76. The Bertz CT molecular complexity index is 776. The molecule has 8 heteroatoms.